The fraction of sp³-hybridized carbons (Fsp3) is 0.304. The first-order chi connectivity index (χ1) is 17.7. The maximum absolute atomic E-state index is 13.7. The summed E-state index contributed by atoms with van der Waals surface area (Å²) in [7, 11) is 0. The van der Waals surface area contributed by atoms with Gasteiger partial charge in [-0.05, 0) is 46.6 Å². The third-order valence-electron chi connectivity index (χ3n) is 6.10. The highest BCUT2D eigenvalue weighted by Crippen LogP contribution is 2.38. The molecule has 37 heavy (non-hydrogen) atoms. The lowest BCUT2D eigenvalue weighted by atomic mass is 9.89. The number of aromatic nitrogens is 4. The summed E-state index contributed by atoms with van der Waals surface area (Å²) >= 11 is 9.45. The van der Waals surface area contributed by atoms with Crippen molar-refractivity contribution in [2.75, 3.05) is 6.61 Å². The molecule has 2 fully saturated rings. The summed E-state index contributed by atoms with van der Waals surface area (Å²) in [6.07, 6.45) is 0.608. The zero-order chi connectivity index (χ0) is 26.4. The van der Waals surface area contributed by atoms with Crippen LogP contribution in [0.1, 0.15) is 23.3 Å². The number of nitrogens with zero attached hydrogens (tertiary/aromatic N) is 4. The summed E-state index contributed by atoms with van der Waals surface area (Å²) in [6, 6.07) is 2.45. The van der Waals surface area contributed by atoms with Gasteiger partial charge in [0.1, 0.15) is 34.8 Å². The highest BCUT2D eigenvalue weighted by Gasteiger charge is 2.52. The molecule has 0 saturated carbocycles. The van der Waals surface area contributed by atoms with Crippen molar-refractivity contribution in [3.05, 3.63) is 74.9 Å². The van der Waals surface area contributed by atoms with E-state index in [2.05, 4.69) is 36.3 Å². The fourth-order valence-corrected chi connectivity index (χ4v) is 4.62. The van der Waals surface area contributed by atoms with Crippen molar-refractivity contribution in [2.24, 2.45) is 0 Å². The van der Waals surface area contributed by atoms with Gasteiger partial charge in [0.05, 0.1) is 29.6 Å². The van der Waals surface area contributed by atoms with E-state index < -0.39 is 41.8 Å². The van der Waals surface area contributed by atoms with Gasteiger partial charge in [0.25, 0.3) is 0 Å². The van der Waals surface area contributed by atoms with Crippen molar-refractivity contribution >= 4 is 39.3 Å². The number of benzene rings is 1. The molecular formula is C23H19BrClF3N6O3. The van der Waals surface area contributed by atoms with Crippen LogP contribution in [0, 0.1) is 29.8 Å². The summed E-state index contributed by atoms with van der Waals surface area (Å²) in [6.45, 7) is 1.97. The second-order valence-electron chi connectivity index (χ2n) is 8.47. The number of aliphatic hydroxyl groups is 1. The van der Waals surface area contributed by atoms with E-state index in [-0.39, 0.29) is 23.8 Å². The fourth-order valence-electron chi connectivity index (χ4n) is 4.25. The van der Waals surface area contributed by atoms with Gasteiger partial charge in [-0.1, -0.05) is 11.6 Å². The normalized spacial score (nSPS) is 25.4. The number of allylic oxidation sites excluding steroid dienone is 1. The van der Waals surface area contributed by atoms with Crippen LogP contribution in [0.4, 0.5) is 13.2 Å². The van der Waals surface area contributed by atoms with E-state index in [9.17, 15) is 18.3 Å². The van der Waals surface area contributed by atoms with Gasteiger partial charge >= 0.3 is 0 Å². The average molecular weight is 600 g/mol. The lowest BCUT2D eigenvalue weighted by Gasteiger charge is -2.50. The molecule has 0 aliphatic carbocycles. The Morgan fingerprint density at radius 1 is 1.30 bits per heavy atom. The summed E-state index contributed by atoms with van der Waals surface area (Å²) in [4.78, 5) is 8.65. The van der Waals surface area contributed by atoms with Crippen LogP contribution < -0.4 is 5.32 Å². The molecule has 0 amide bonds. The third-order valence-corrected chi connectivity index (χ3v) is 7.24. The van der Waals surface area contributed by atoms with Crippen molar-refractivity contribution in [1.82, 2.24) is 25.1 Å². The molecule has 0 radical (unpaired) electrons. The molecule has 2 aromatic heterocycles. The lowest BCUT2D eigenvalue weighted by molar-refractivity contribution is -0.277. The maximum atomic E-state index is 13.7. The number of rotatable bonds is 6. The van der Waals surface area contributed by atoms with Gasteiger partial charge in [-0.15, -0.1) is 0 Å². The Labute approximate surface area is 221 Å². The molecule has 5 rings (SSSR count). The first kappa shape index (κ1) is 25.8. The number of aryl methyl sites for hydroxylation is 1. The molecule has 4 heterocycles. The van der Waals surface area contributed by atoms with Gasteiger partial charge in [0.2, 0.25) is 0 Å². The molecule has 3 aromatic rings. The number of hydrogen-bond donors (Lipinski definition) is 3. The molecule has 5 unspecified atom stereocenters. The molecule has 0 spiro atoms. The first-order valence-corrected chi connectivity index (χ1v) is 12.2. The minimum Gasteiger partial charge on any atom is -0.388 e. The Bertz CT molecular complexity index is 1380. The minimum absolute atomic E-state index is 0.0542. The molecule has 2 aliphatic rings. The average Bonchev–Trinajstić information content (AvgIpc) is 3.23. The molecule has 9 nitrogen and oxygen atoms in total. The van der Waals surface area contributed by atoms with Gasteiger partial charge in [-0.2, -0.15) is 5.10 Å². The number of hydrogen-bond acceptors (Lipinski definition) is 8. The Hall–Kier alpha value is -2.84. The molecule has 2 aliphatic heterocycles. The van der Waals surface area contributed by atoms with Gasteiger partial charge < -0.3 is 25.3 Å². The van der Waals surface area contributed by atoms with E-state index in [0.29, 0.717) is 27.0 Å². The molecule has 5 atom stereocenters. The number of fused-ring (bicyclic) bond motifs is 1. The highest BCUT2D eigenvalue weighted by molar-refractivity contribution is 9.10. The summed E-state index contributed by atoms with van der Waals surface area (Å²) < 4.78 is 54.5. The summed E-state index contributed by atoms with van der Waals surface area (Å²) in [5.74, 6) is -3.63. The molecule has 3 N–H and O–H groups in total. The van der Waals surface area contributed by atoms with Crippen molar-refractivity contribution in [1.29, 1.82) is 5.41 Å². The molecule has 2 saturated heterocycles. The summed E-state index contributed by atoms with van der Waals surface area (Å²) in [5.41, 5.74) is 0.499. The van der Waals surface area contributed by atoms with Crippen LogP contribution in [-0.2, 0) is 9.47 Å². The van der Waals surface area contributed by atoms with E-state index in [1.807, 2.05) is 0 Å². The predicted molar refractivity (Wildman–Crippen MR) is 130 cm³/mol. The maximum Gasteiger partial charge on any atom is 0.194 e. The number of pyridine rings is 1. The molecular weight excluding hydrogens is 581 g/mol. The third kappa shape index (κ3) is 4.77. The van der Waals surface area contributed by atoms with E-state index >= 15 is 0 Å². The monoisotopic (exact) mass is 598 g/mol. The molecule has 0 bridgehead atoms. The van der Waals surface area contributed by atoms with Gasteiger partial charge in [-0.3, -0.25) is 0 Å². The van der Waals surface area contributed by atoms with Crippen molar-refractivity contribution in [3.8, 4) is 5.69 Å². The van der Waals surface area contributed by atoms with Crippen LogP contribution in [0.3, 0.4) is 0 Å². The smallest absolute Gasteiger partial charge is 0.194 e. The van der Waals surface area contributed by atoms with Crippen LogP contribution >= 0.6 is 27.5 Å². The van der Waals surface area contributed by atoms with E-state index in [0.717, 1.165) is 18.3 Å². The first-order valence-electron chi connectivity index (χ1n) is 11.0. The van der Waals surface area contributed by atoms with Gasteiger partial charge in [0, 0.05) is 18.0 Å². The summed E-state index contributed by atoms with van der Waals surface area (Å²) in [5, 5.41) is 26.7. The largest absolute Gasteiger partial charge is 0.388 e. The Balaban J connectivity index is 1.46. The van der Waals surface area contributed by atoms with Crippen LogP contribution in [0.15, 0.2) is 35.2 Å². The highest BCUT2D eigenvalue weighted by atomic mass is 79.9. The van der Waals surface area contributed by atoms with Crippen LogP contribution in [0.2, 0.25) is 5.02 Å². The van der Waals surface area contributed by atoms with Crippen molar-refractivity contribution < 1.29 is 27.8 Å². The number of aliphatic hydroxyl groups excluding tert-OH is 1. The second-order valence-corrected chi connectivity index (χ2v) is 9.63. The van der Waals surface area contributed by atoms with Gasteiger partial charge in [-0.25, -0.2) is 27.8 Å². The second kappa shape index (κ2) is 10.1. The van der Waals surface area contributed by atoms with E-state index in [1.54, 1.807) is 13.0 Å². The minimum atomic E-state index is -1.60. The van der Waals surface area contributed by atoms with Crippen LogP contribution in [0.25, 0.3) is 11.3 Å². The quantitative estimate of drug-likeness (QED) is 0.225. The van der Waals surface area contributed by atoms with E-state index in [4.69, 9.17) is 26.5 Å². The number of ether oxygens (including phenoxy) is 2. The molecule has 1 aromatic carbocycles. The predicted octanol–water partition coefficient (Wildman–Crippen LogP) is 3.65. The van der Waals surface area contributed by atoms with Crippen LogP contribution in [0.5, 0.6) is 0 Å². The van der Waals surface area contributed by atoms with E-state index in [1.165, 1.54) is 17.1 Å². The Morgan fingerprint density at radius 3 is 2.65 bits per heavy atom. The zero-order valence-electron chi connectivity index (χ0n) is 19.0. The lowest BCUT2D eigenvalue weighted by Crippen LogP contribution is -2.66. The standard InChI is InChI=1S/C23H19BrClF3N6O3/c1-9-32-23(34(33-9)12-4-13(25)22(24)31-7-12)21-19(35)18(20-16(37-21)8-36-20)30-6-11(5-29)10-2-14(26)17(28)15(27)3-10/h2-7,16,18-21,29-30,35H,8H2,1H3/b11-6+,29-5?. The topological polar surface area (TPSA) is 118 Å². The number of halogens is 5. The van der Waals surface area contributed by atoms with Crippen molar-refractivity contribution in [3.63, 3.8) is 0 Å². The zero-order valence-corrected chi connectivity index (χ0v) is 21.3. The van der Waals surface area contributed by atoms with Crippen molar-refractivity contribution in [2.45, 2.75) is 37.4 Å². The Morgan fingerprint density at radius 2 is 2.03 bits per heavy atom. The SMILES string of the molecule is Cc1nc(C2OC3COC3C(N/C=C(\C=N)c3cc(F)c(F)c(F)c3)C2O)n(-c2cnc(Br)c(Cl)c2)n1. The molecule has 14 heteroatoms. The van der Waals surface area contributed by atoms with Gasteiger partial charge in [0.15, 0.2) is 23.3 Å². The van der Waals surface area contributed by atoms with Crippen LogP contribution in [-0.4, -0.2) is 62.0 Å². The Kier molecular flexibility index (Phi) is 7.07. The number of nitrogens with one attached hydrogen (secondary N) is 2. The molecule has 194 valence electrons.